The molecule has 0 aliphatic carbocycles. The molecule has 12 heavy (non-hydrogen) atoms. The summed E-state index contributed by atoms with van der Waals surface area (Å²) < 4.78 is 31.7. The fourth-order valence-corrected chi connectivity index (χ4v) is 0. The number of carboxylic acid groups (broad SMARTS) is 1. The number of hydrogen-bond acceptors (Lipinski definition) is 2. The standard InChI is InChI=1S/C4H11N.C2HF3O2/c1-4-5(2)3;3-2(4,5)1(6)7/h4H2,1-3H3;(H,6,7). The van der Waals surface area contributed by atoms with Gasteiger partial charge >= 0.3 is 12.1 Å². The SMILES string of the molecule is CCN(C)C.O=C(O)C(F)(F)F. The molecule has 0 unspecified atom stereocenters. The summed E-state index contributed by atoms with van der Waals surface area (Å²) in [5.74, 6) is -2.76. The lowest BCUT2D eigenvalue weighted by molar-refractivity contribution is -0.192. The molecule has 0 spiro atoms. The lowest BCUT2D eigenvalue weighted by Gasteiger charge is -2.00. The highest BCUT2D eigenvalue weighted by atomic mass is 19.4. The second-order valence-electron chi connectivity index (χ2n) is 2.20. The molecule has 0 fully saturated rings. The quantitative estimate of drug-likeness (QED) is 0.670. The van der Waals surface area contributed by atoms with Crippen LogP contribution in [0.2, 0.25) is 0 Å². The van der Waals surface area contributed by atoms with Gasteiger partial charge in [0, 0.05) is 0 Å². The summed E-state index contributed by atoms with van der Waals surface area (Å²) in [5, 5.41) is 7.12. The Morgan fingerprint density at radius 1 is 1.42 bits per heavy atom. The summed E-state index contributed by atoms with van der Waals surface area (Å²) in [6.07, 6.45) is -5.08. The van der Waals surface area contributed by atoms with E-state index in [1.165, 1.54) is 0 Å². The highest BCUT2D eigenvalue weighted by Crippen LogP contribution is 2.13. The Labute approximate surface area is 68.8 Å². The van der Waals surface area contributed by atoms with Crippen LogP contribution in [0.3, 0.4) is 0 Å². The highest BCUT2D eigenvalue weighted by molar-refractivity contribution is 5.73. The van der Waals surface area contributed by atoms with Gasteiger partial charge in [-0.15, -0.1) is 0 Å². The number of rotatable bonds is 1. The molecule has 0 heterocycles. The molecule has 0 aromatic heterocycles. The van der Waals surface area contributed by atoms with Crippen molar-refractivity contribution in [1.82, 2.24) is 4.90 Å². The molecular formula is C6H12F3NO2. The number of nitrogens with zero attached hydrogens (tertiary/aromatic N) is 1. The Hall–Kier alpha value is -0.780. The van der Waals surface area contributed by atoms with Crippen molar-refractivity contribution in [2.24, 2.45) is 0 Å². The van der Waals surface area contributed by atoms with Crippen molar-refractivity contribution in [3.63, 3.8) is 0 Å². The largest absolute Gasteiger partial charge is 0.490 e. The van der Waals surface area contributed by atoms with Gasteiger partial charge in [0.15, 0.2) is 0 Å². The third-order valence-electron chi connectivity index (χ3n) is 0.875. The average molecular weight is 187 g/mol. The summed E-state index contributed by atoms with van der Waals surface area (Å²) in [7, 11) is 4.11. The number of halogens is 3. The zero-order valence-electron chi connectivity index (χ0n) is 7.14. The Kier molecular flexibility index (Phi) is 6.68. The predicted molar refractivity (Wildman–Crippen MR) is 37.9 cm³/mol. The van der Waals surface area contributed by atoms with Crippen LogP contribution in [0, 0.1) is 0 Å². The molecule has 1 N–H and O–H groups in total. The average Bonchev–Trinajstić information content (AvgIpc) is 1.87. The first-order chi connectivity index (χ1) is 5.21. The van der Waals surface area contributed by atoms with Crippen LogP contribution in [0.25, 0.3) is 0 Å². The molecule has 0 bridgehead atoms. The van der Waals surface area contributed by atoms with Crippen LogP contribution in [0.5, 0.6) is 0 Å². The summed E-state index contributed by atoms with van der Waals surface area (Å²) in [4.78, 5) is 11.0. The van der Waals surface area contributed by atoms with Crippen molar-refractivity contribution in [3.8, 4) is 0 Å². The zero-order valence-corrected chi connectivity index (χ0v) is 7.14. The van der Waals surface area contributed by atoms with Crippen molar-refractivity contribution in [3.05, 3.63) is 0 Å². The lowest BCUT2D eigenvalue weighted by Crippen LogP contribution is -2.21. The molecule has 0 aliphatic heterocycles. The van der Waals surface area contributed by atoms with E-state index in [0.29, 0.717) is 0 Å². The predicted octanol–water partition coefficient (Wildman–Crippen LogP) is 1.20. The smallest absolute Gasteiger partial charge is 0.475 e. The van der Waals surface area contributed by atoms with Crippen LogP contribution in [0.1, 0.15) is 6.92 Å². The monoisotopic (exact) mass is 187 g/mol. The first-order valence-electron chi connectivity index (χ1n) is 3.16. The minimum Gasteiger partial charge on any atom is -0.475 e. The van der Waals surface area contributed by atoms with E-state index in [2.05, 4.69) is 25.9 Å². The topological polar surface area (TPSA) is 40.5 Å². The molecule has 0 radical (unpaired) electrons. The van der Waals surface area contributed by atoms with Gasteiger partial charge in [0.05, 0.1) is 0 Å². The van der Waals surface area contributed by atoms with Crippen LogP contribution < -0.4 is 0 Å². The van der Waals surface area contributed by atoms with Gasteiger partial charge in [-0.05, 0) is 20.6 Å². The molecule has 74 valence electrons. The van der Waals surface area contributed by atoms with E-state index in [9.17, 15) is 13.2 Å². The first kappa shape index (κ1) is 13.8. The van der Waals surface area contributed by atoms with Gasteiger partial charge in [-0.25, -0.2) is 4.79 Å². The number of alkyl halides is 3. The maximum absolute atomic E-state index is 10.6. The number of carboxylic acids is 1. The molecule has 0 rings (SSSR count). The van der Waals surface area contributed by atoms with Gasteiger partial charge in [-0.3, -0.25) is 0 Å². The number of aliphatic carboxylic acids is 1. The van der Waals surface area contributed by atoms with Gasteiger partial charge in [0.1, 0.15) is 0 Å². The fraction of sp³-hybridized carbons (Fsp3) is 0.833. The lowest BCUT2D eigenvalue weighted by atomic mass is 10.7. The Morgan fingerprint density at radius 3 is 1.58 bits per heavy atom. The van der Waals surface area contributed by atoms with E-state index < -0.39 is 12.1 Å². The van der Waals surface area contributed by atoms with E-state index in [0.717, 1.165) is 6.54 Å². The summed E-state index contributed by atoms with van der Waals surface area (Å²) >= 11 is 0. The number of hydrogen-bond donors (Lipinski definition) is 1. The van der Waals surface area contributed by atoms with Gasteiger partial charge in [0.25, 0.3) is 0 Å². The molecule has 0 saturated carbocycles. The fourth-order valence-electron chi connectivity index (χ4n) is 0. The van der Waals surface area contributed by atoms with Gasteiger partial charge < -0.3 is 10.0 Å². The summed E-state index contributed by atoms with van der Waals surface area (Å²) in [5.41, 5.74) is 0. The van der Waals surface area contributed by atoms with Crippen LogP contribution in [-0.4, -0.2) is 42.8 Å². The Bertz CT molecular complexity index is 133. The Morgan fingerprint density at radius 2 is 1.58 bits per heavy atom. The normalized spacial score (nSPS) is 10.6. The molecule has 0 aromatic carbocycles. The minimum atomic E-state index is -5.08. The van der Waals surface area contributed by atoms with Crippen LogP contribution in [0.15, 0.2) is 0 Å². The van der Waals surface area contributed by atoms with Gasteiger partial charge in [0.2, 0.25) is 0 Å². The van der Waals surface area contributed by atoms with Crippen LogP contribution in [-0.2, 0) is 4.79 Å². The minimum absolute atomic E-state index is 1.14. The van der Waals surface area contributed by atoms with E-state index >= 15 is 0 Å². The van der Waals surface area contributed by atoms with Crippen LogP contribution in [0.4, 0.5) is 13.2 Å². The zero-order chi connectivity index (χ0) is 10.4. The van der Waals surface area contributed by atoms with Gasteiger partial charge in [-0.1, -0.05) is 6.92 Å². The maximum Gasteiger partial charge on any atom is 0.490 e. The molecule has 0 atom stereocenters. The van der Waals surface area contributed by atoms with E-state index in [4.69, 9.17) is 9.90 Å². The van der Waals surface area contributed by atoms with Crippen molar-refractivity contribution in [2.75, 3.05) is 20.6 Å². The second kappa shape index (κ2) is 5.82. The third kappa shape index (κ3) is 12.0. The van der Waals surface area contributed by atoms with E-state index in [1.807, 2.05) is 0 Å². The second-order valence-corrected chi connectivity index (χ2v) is 2.20. The molecule has 0 saturated heterocycles. The summed E-state index contributed by atoms with van der Waals surface area (Å²) in [6.45, 7) is 3.26. The number of carbonyl (C=O) groups is 1. The van der Waals surface area contributed by atoms with Crippen molar-refractivity contribution < 1.29 is 23.1 Å². The van der Waals surface area contributed by atoms with E-state index in [1.54, 1.807) is 0 Å². The highest BCUT2D eigenvalue weighted by Gasteiger charge is 2.38. The molecule has 3 nitrogen and oxygen atoms in total. The summed E-state index contributed by atoms with van der Waals surface area (Å²) in [6, 6.07) is 0. The van der Waals surface area contributed by atoms with E-state index in [-0.39, 0.29) is 0 Å². The molecular weight excluding hydrogens is 175 g/mol. The molecule has 6 heteroatoms. The molecule has 0 amide bonds. The van der Waals surface area contributed by atoms with Gasteiger partial charge in [-0.2, -0.15) is 13.2 Å². The maximum atomic E-state index is 10.6. The molecule has 0 aliphatic rings. The Balaban J connectivity index is 0. The van der Waals surface area contributed by atoms with Crippen molar-refractivity contribution >= 4 is 5.97 Å². The molecule has 0 aromatic rings. The van der Waals surface area contributed by atoms with Crippen molar-refractivity contribution in [2.45, 2.75) is 13.1 Å². The first-order valence-corrected chi connectivity index (χ1v) is 3.16. The van der Waals surface area contributed by atoms with Crippen molar-refractivity contribution in [1.29, 1.82) is 0 Å². The third-order valence-corrected chi connectivity index (χ3v) is 0.875. The van der Waals surface area contributed by atoms with Crippen LogP contribution >= 0.6 is 0 Å².